The molecule has 2 aromatic carbocycles. The van der Waals surface area contributed by atoms with Gasteiger partial charge < -0.3 is 5.11 Å². The molecule has 0 radical (unpaired) electrons. The van der Waals surface area contributed by atoms with E-state index in [0.29, 0.717) is 5.56 Å². The Labute approximate surface area is 139 Å². The zero-order valence-electron chi connectivity index (χ0n) is 12.6. The fraction of sp³-hybridized carbons (Fsp3) is 0.235. The Morgan fingerprint density at radius 3 is 2.67 bits per heavy atom. The number of aliphatic hydroxyl groups is 1. The molecule has 2 aromatic rings. The van der Waals surface area contributed by atoms with E-state index in [-0.39, 0.29) is 23.4 Å². The van der Waals surface area contributed by atoms with Crippen molar-refractivity contribution in [2.45, 2.75) is 23.5 Å². The number of halogens is 1. The third kappa shape index (κ3) is 2.91. The molecule has 2 atom stereocenters. The number of β-amino-alcohol motifs (C(OH)–C–C–N with tert-alkyl or cyclic N) is 1. The molecule has 0 aromatic heterocycles. The maximum Gasteiger partial charge on any atom is 0.245 e. The van der Waals surface area contributed by atoms with Gasteiger partial charge in [0.05, 0.1) is 22.6 Å². The van der Waals surface area contributed by atoms with Crippen molar-refractivity contribution in [1.29, 1.82) is 5.26 Å². The molecule has 0 bridgehead atoms. The second-order valence-corrected chi connectivity index (χ2v) is 7.50. The monoisotopic (exact) mass is 346 g/mol. The first-order valence-electron chi connectivity index (χ1n) is 7.38. The van der Waals surface area contributed by atoms with E-state index >= 15 is 0 Å². The molecule has 1 aliphatic rings. The molecule has 1 fully saturated rings. The van der Waals surface area contributed by atoms with Gasteiger partial charge >= 0.3 is 0 Å². The second-order valence-electron chi connectivity index (χ2n) is 5.64. The zero-order valence-corrected chi connectivity index (χ0v) is 13.4. The lowest BCUT2D eigenvalue weighted by Gasteiger charge is -2.24. The maximum atomic E-state index is 13.5. The van der Waals surface area contributed by atoms with Crippen molar-refractivity contribution in [2.75, 3.05) is 6.54 Å². The number of nitriles is 1. The van der Waals surface area contributed by atoms with Crippen molar-refractivity contribution in [1.82, 2.24) is 4.31 Å². The highest BCUT2D eigenvalue weighted by atomic mass is 32.2. The van der Waals surface area contributed by atoms with Crippen LogP contribution in [0.4, 0.5) is 4.39 Å². The summed E-state index contributed by atoms with van der Waals surface area (Å²) in [5, 5.41) is 19.1. The van der Waals surface area contributed by atoms with E-state index in [4.69, 9.17) is 5.26 Å². The molecule has 124 valence electrons. The van der Waals surface area contributed by atoms with Crippen molar-refractivity contribution in [3.05, 3.63) is 65.5 Å². The normalized spacial score (nSPS) is 21.5. The first-order valence-corrected chi connectivity index (χ1v) is 8.82. The van der Waals surface area contributed by atoms with Crippen LogP contribution < -0.4 is 0 Å². The minimum Gasteiger partial charge on any atom is -0.392 e. The van der Waals surface area contributed by atoms with E-state index in [9.17, 15) is 17.9 Å². The Balaban J connectivity index is 2.07. The molecular weight excluding hydrogens is 331 g/mol. The molecular formula is C17H15FN2O3S. The first kappa shape index (κ1) is 16.6. The summed E-state index contributed by atoms with van der Waals surface area (Å²) in [6.45, 7) is -0.0940. The number of aliphatic hydroxyl groups excluding tert-OH is 1. The summed E-state index contributed by atoms with van der Waals surface area (Å²) >= 11 is 0. The molecule has 0 unspecified atom stereocenters. The minimum absolute atomic E-state index is 0.0388. The van der Waals surface area contributed by atoms with Gasteiger partial charge in [-0.15, -0.1) is 0 Å². The highest BCUT2D eigenvalue weighted by Crippen LogP contribution is 2.37. The molecule has 3 rings (SSSR count). The second kappa shape index (κ2) is 6.32. The summed E-state index contributed by atoms with van der Waals surface area (Å²) in [5.41, 5.74) is 0.515. The lowest BCUT2D eigenvalue weighted by Crippen LogP contribution is -2.32. The van der Waals surface area contributed by atoms with Gasteiger partial charge in [-0.3, -0.25) is 0 Å². The van der Waals surface area contributed by atoms with Crippen molar-refractivity contribution >= 4 is 10.0 Å². The van der Waals surface area contributed by atoms with E-state index in [0.717, 1.165) is 4.31 Å². The number of nitrogens with zero attached hydrogens (tertiary/aromatic N) is 2. The summed E-state index contributed by atoms with van der Waals surface area (Å²) in [7, 11) is -4.00. The Morgan fingerprint density at radius 1 is 1.21 bits per heavy atom. The van der Waals surface area contributed by atoms with Gasteiger partial charge in [0, 0.05) is 6.54 Å². The molecule has 1 saturated heterocycles. The van der Waals surface area contributed by atoms with Gasteiger partial charge in [0.15, 0.2) is 0 Å². The standard InChI is InChI=1S/C17H15FN2O3S/c18-14-6-3-5-12(8-14)16-9-15(21)11-20(16)24(22,23)17-7-2-1-4-13(17)10-19/h1-8,15-16,21H,9,11H2/t15-,16-/m1/s1. The SMILES string of the molecule is N#Cc1ccccc1S(=O)(=O)N1C[C@H](O)C[C@@H]1c1cccc(F)c1. The quantitative estimate of drug-likeness (QED) is 0.924. The van der Waals surface area contributed by atoms with E-state index in [1.165, 1.54) is 36.4 Å². The van der Waals surface area contributed by atoms with Gasteiger partial charge in [-0.25, -0.2) is 12.8 Å². The smallest absolute Gasteiger partial charge is 0.245 e. The number of sulfonamides is 1. The average molecular weight is 346 g/mol. The van der Waals surface area contributed by atoms with Crippen molar-refractivity contribution in [3.63, 3.8) is 0 Å². The summed E-state index contributed by atoms with van der Waals surface area (Å²) < 4.78 is 40.6. The third-order valence-electron chi connectivity index (χ3n) is 4.06. The number of hydrogen-bond donors (Lipinski definition) is 1. The van der Waals surface area contributed by atoms with Gasteiger partial charge in [-0.2, -0.15) is 9.57 Å². The Morgan fingerprint density at radius 2 is 1.96 bits per heavy atom. The van der Waals surface area contributed by atoms with Crippen LogP contribution in [-0.4, -0.2) is 30.5 Å². The number of rotatable bonds is 3. The van der Waals surface area contributed by atoms with Crippen LogP contribution in [0.25, 0.3) is 0 Å². The molecule has 1 aliphatic heterocycles. The van der Waals surface area contributed by atoms with Crippen molar-refractivity contribution in [3.8, 4) is 6.07 Å². The van der Waals surface area contributed by atoms with Crippen LogP contribution in [0.3, 0.4) is 0 Å². The van der Waals surface area contributed by atoms with Crippen LogP contribution in [0.5, 0.6) is 0 Å². The molecule has 1 heterocycles. The first-order chi connectivity index (χ1) is 11.4. The van der Waals surface area contributed by atoms with Crippen LogP contribution in [0.1, 0.15) is 23.6 Å². The molecule has 24 heavy (non-hydrogen) atoms. The van der Waals surface area contributed by atoms with Crippen LogP contribution in [-0.2, 0) is 10.0 Å². The van der Waals surface area contributed by atoms with Gasteiger partial charge in [0.2, 0.25) is 10.0 Å². The molecule has 0 amide bonds. The summed E-state index contributed by atoms with van der Waals surface area (Å²) in [4.78, 5) is -0.108. The van der Waals surface area contributed by atoms with E-state index in [1.807, 2.05) is 6.07 Å². The lowest BCUT2D eigenvalue weighted by molar-refractivity contribution is 0.188. The zero-order chi connectivity index (χ0) is 17.3. The summed E-state index contributed by atoms with van der Waals surface area (Å²) in [6, 6.07) is 12.8. The average Bonchev–Trinajstić information content (AvgIpc) is 2.97. The molecule has 7 heteroatoms. The largest absolute Gasteiger partial charge is 0.392 e. The van der Waals surface area contributed by atoms with Crippen molar-refractivity contribution < 1.29 is 17.9 Å². The number of benzene rings is 2. The number of hydrogen-bond acceptors (Lipinski definition) is 4. The van der Waals surface area contributed by atoms with Crippen LogP contribution in [0.2, 0.25) is 0 Å². The highest BCUT2D eigenvalue weighted by Gasteiger charge is 2.41. The fourth-order valence-electron chi connectivity index (χ4n) is 2.98. The molecule has 0 aliphatic carbocycles. The summed E-state index contributed by atoms with van der Waals surface area (Å²) in [6.07, 6.45) is -0.667. The Hall–Kier alpha value is -2.27. The fourth-order valence-corrected chi connectivity index (χ4v) is 4.78. The summed E-state index contributed by atoms with van der Waals surface area (Å²) in [5.74, 6) is -0.469. The third-order valence-corrected chi connectivity index (χ3v) is 5.99. The van der Waals surface area contributed by atoms with Crippen LogP contribution in [0.15, 0.2) is 53.4 Å². The highest BCUT2D eigenvalue weighted by molar-refractivity contribution is 7.89. The molecule has 0 saturated carbocycles. The van der Waals surface area contributed by atoms with Crippen molar-refractivity contribution in [2.24, 2.45) is 0 Å². The Bertz CT molecular complexity index is 908. The van der Waals surface area contributed by atoms with Gasteiger partial charge in [-0.05, 0) is 36.2 Å². The topological polar surface area (TPSA) is 81.4 Å². The molecule has 0 spiro atoms. The van der Waals surface area contributed by atoms with E-state index in [2.05, 4.69) is 0 Å². The predicted octanol–water partition coefficient (Wildman–Crippen LogP) is 2.19. The molecule has 1 N–H and O–H groups in total. The minimum atomic E-state index is -4.00. The van der Waals surface area contributed by atoms with Gasteiger partial charge in [-0.1, -0.05) is 24.3 Å². The lowest BCUT2D eigenvalue weighted by atomic mass is 10.0. The van der Waals surface area contributed by atoms with E-state index in [1.54, 1.807) is 12.1 Å². The van der Waals surface area contributed by atoms with Gasteiger partial charge in [0.1, 0.15) is 11.9 Å². The molecule has 5 nitrogen and oxygen atoms in total. The maximum absolute atomic E-state index is 13.5. The van der Waals surface area contributed by atoms with Crippen LogP contribution >= 0.6 is 0 Å². The Kier molecular flexibility index (Phi) is 4.37. The van der Waals surface area contributed by atoms with Crippen LogP contribution in [0, 0.1) is 17.1 Å². The van der Waals surface area contributed by atoms with E-state index < -0.39 is 28.0 Å². The van der Waals surface area contributed by atoms with Gasteiger partial charge in [0.25, 0.3) is 0 Å². The predicted molar refractivity (Wildman–Crippen MR) is 84.8 cm³/mol.